The number of nitrogens with one attached hydrogen (secondary N) is 2. The molecule has 2 N–H and O–H groups in total. The Balaban J connectivity index is 1.92. The van der Waals surface area contributed by atoms with E-state index in [9.17, 15) is 0 Å². The average Bonchev–Trinajstić information content (AvgIpc) is 2.63. The van der Waals surface area contributed by atoms with Gasteiger partial charge in [0, 0.05) is 17.8 Å². The number of anilines is 1. The Morgan fingerprint density at radius 1 is 0.917 bits per heavy atom. The van der Waals surface area contributed by atoms with E-state index < -0.39 is 0 Å². The fraction of sp³-hybridized carbons (Fsp3) is 0.400. The van der Waals surface area contributed by atoms with Crippen molar-refractivity contribution in [3.05, 3.63) is 54.1 Å². The molecule has 0 aliphatic heterocycles. The number of ether oxygens (including phenoxy) is 2. The van der Waals surface area contributed by atoms with Crippen molar-refractivity contribution in [3.8, 4) is 11.5 Å². The molecule has 4 heteroatoms. The third-order valence-electron chi connectivity index (χ3n) is 3.81. The molecule has 0 saturated carbocycles. The number of hydrogen-bond acceptors (Lipinski definition) is 4. The van der Waals surface area contributed by atoms with Crippen molar-refractivity contribution in [2.45, 2.75) is 39.2 Å². The summed E-state index contributed by atoms with van der Waals surface area (Å²) in [4.78, 5) is 0. The van der Waals surface area contributed by atoms with Gasteiger partial charge in [0.2, 0.25) is 0 Å². The van der Waals surface area contributed by atoms with E-state index in [2.05, 4.69) is 23.8 Å². The molecule has 130 valence electrons. The number of hydrazine groups is 1. The molecule has 0 unspecified atom stereocenters. The number of methoxy groups -OCH3 is 1. The van der Waals surface area contributed by atoms with E-state index in [1.54, 1.807) is 7.11 Å². The zero-order valence-electron chi connectivity index (χ0n) is 14.7. The average molecular weight is 328 g/mol. The zero-order valence-corrected chi connectivity index (χ0v) is 14.7. The number of benzene rings is 2. The minimum Gasteiger partial charge on any atom is -0.493 e. The summed E-state index contributed by atoms with van der Waals surface area (Å²) in [6.07, 6.45) is 4.76. The van der Waals surface area contributed by atoms with Crippen LogP contribution < -0.4 is 20.3 Å². The molecule has 0 saturated heterocycles. The third-order valence-corrected chi connectivity index (χ3v) is 3.81. The minimum atomic E-state index is 0.649. The van der Waals surface area contributed by atoms with Gasteiger partial charge in [-0.05, 0) is 24.6 Å². The molecule has 0 aromatic heterocycles. The highest BCUT2D eigenvalue weighted by Gasteiger charge is 2.10. The fourth-order valence-electron chi connectivity index (χ4n) is 2.49. The van der Waals surface area contributed by atoms with Gasteiger partial charge in [-0.25, -0.2) is 5.43 Å². The van der Waals surface area contributed by atoms with E-state index in [-0.39, 0.29) is 0 Å². The van der Waals surface area contributed by atoms with Crippen LogP contribution >= 0.6 is 0 Å². The van der Waals surface area contributed by atoms with Gasteiger partial charge >= 0.3 is 0 Å². The Kier molecular flexibility index (Phi) is 7.98. The lowest BCUT2D eigenvalue weighted by Gasteiger charge is -2.16. The van der Waals surface area contributed by atoms with E-state index in [1.165, 1.54) is 19.3 Å². The van der Waals surface area contributed by atoms with Crippen LogP contribution in [0.4, 0.5) is 5.69 Å². The Bertz CT molecular complexity index is 587. The van der Waals surface area contributed by atoms with Crippen molar-refractivity contribution in [2.24, 2.45) is 0 Å². The van der Waals surface area contributed by atoms with Gasteiger partial charge in [-0.1, -0.05) is 56.5 Å². The van der Waals surface area contributed by atoms with Crippen LogP contribution in [0.3, 0.4) is 0 Å². The van der Waals surface area contributed by atoms with Crippen molar-refractivity contribution >= 4 is 5.69 Å². The highest BCUT2D eigenvalue weighted by molar-refractivity contribution is 5.47. The summed E-state index contributed by atoms with van der Waals surface area (Å²) in [5, 5.41) is 0. The van der Waals surface area contributed by atoms with Gasteiger partial charge in [0.15, 0.2) is 11.5 Å². The highest BCUT2D eigenvalue weighted by Crippen LogP contribution is 2.31. The molecule has 2 aromatic carbocycles. The Morgan fingerprint density at radius 2 is 1.75 bits per heavy atom. The molecule has 2 rings (SSSR count). The maximum atomic E-state index is 6.02. The van der Waals surface area contributed by atoms with E-state index in [0.29, 0.717) is 6.54 Å². The zero-order chi connectivity index (χ0) is 17.0. The Labute approximate surface area is 145 Å². The van der Waals surface area contributed by atoms with Crippen LogP contribution in [0.1, 0.15) is 38.2 Å². The number of hydrogen-bond donors (Lipinski definition) is 2. The van der Waals surface area contributed by atoms with Gasteiger partial charge in [0.25, 0.3) is 0 Å². The molecule has 0 aliphatic rings. The van der Waals surface area contributed by atoms with Crippen molar-refractivity contribution < 1.29 is 9.47 Å². The second-order valence-electron chi connectivity index (χ2n) is 5.70. The van der Waals surface area contributed by atoms with Gasteiger partial charge < -0.3 is 14.9 Å². The fourth-order valence-corrected chi connectivity index (χ4v) is 2.49. The first-order valence-electron chi connectivity index (χ1n) is 8.67. The SMILES string of the molecule is CCCCCCOc1c(CNNc2ccccc2)cccc1OC. The lowest BCUT2D eigenvalue weighted by atomic mass is 10.2. The molecule has 0 fully saturated rings. The second-order valence-corrected chi connectivity index (χ2v) is 5.70. The molecular weight excluding hydrogens is 300 g/mol. The standard InChI is InChI=1S/C20H28N2O2/c1-3-4-5-9-15-24-20-17(11-10-14-19(20)23-2)16-21-22-18-12-7-6-8-13-18/h6-8,10-14,21-22H,3-5,9,15-16H2,1-2H3. The van der Waals surface area contributed by atoms with Crippen LogP contribution in [0, 0.1) is 0 Å². The topological polar surface area (TPSA) is 42.5 Å². The largest absolute Gasteiger partial charge is 0.493 e. The monoisotopic (exact) mass is 328 g/mol. The predicted molar refractivity (Wildman–Crippen MR) is 99.5 cm³/mol. The summed E-state index contributed by atoms with van der Waals surface area (Å²) >= 11 is 0. The van der Waals surface area contributed by atoms with E-state index in [0.717, 1.165) is 35.8 Å². The van der Waals surface area contributed by atoms with Crippen LogP contribution in [-0.2, 0) is 6.54 Å². The molecule has 24 heavy (non-hydrogen) atoms. The first kappa shape index (κ1) is 18.1. The summed E-state index contributed by atoms with van der Waals surface area (Å²) in [6, 6.07) is 16.0. The molecule has 2 aromatic rings. The Morgan fingerprint density at radius 3 is 2.50 bits per heavy atom. The molecule has 0 aliphatic carbocycles. The smallest absolute Gasteiger partial charge is 0.165 e. The predicted octanol–water partition coefficient (Wildman–Crippen LogP) is 4.77. The van der Waals surface area contributed by atoms with E-state index >= 15 is 0 Å². The minimum absolute atomic E-state index is 0.649. The summed E-state index contributed by atoms with van der Waals surface area (Å²) in [5.74, 6) is 1.61. The number of rotatable bonds is 11. The third kappa shape index (κ3) is 5.78. The van der Waals surface area contributed by atoms with Crippen LogP contribution in [0.25, 0.3) is 0 Å². The van der Waals surface area contributed by atoms with Crippen LogP contribution in [-0.4, -0.2) is 13.7 Å². The summed E-state index contributed by atoms with van der Waals surface area (Å²) in [6.45, 7) is 3.58. The van der Waals surface area contributed by atoms with Crippen molar-refractivity contribution in [1.82, 2.24) is 5.43 Å². The highest BCUT2D eigenvalue weighted by atomic mass is 16.5. The van der Waals surface area contributed by atoms with E-state index in [4.69, 9.17) is 9.47 Å². The lowest BCUT2D eigenvalue weighted by Crippen LogP contribution is -2.21. The van der Waals surface area contributed by atoms with Gasteiger partial charge in [0.05, 0.1) is 13.7 Å². The first-order valence-corrected chi connectivity index (χ1v) is 8.67. The Hall–Kier alpha value is -2.20. The quantitative estimate of drug-likeness (QED) is 0.460. The molecule has 0 bridgehead atoms. The lowest BCUT2D eigenvalue weighted by molar-refractivity contribution is 0.282. The first-order chi connectivity index (χ1) is 11.8. The number of para-hydroxylation sites is 2. The molecule has 0 heterocycles. The van der Waals surface area contributed by atoms with Crippen LogP contribution in [0.15, 0.2) is 48.5 Å². The van der Waals surface area contributed by atoms with Crippen molar-refractivity contribution in [3.63, 3.8) is 0 Å². The maximum Gasteiger partial charge on any atom is 0.165 e. The van der Waals surface area contributed by atoms with E-state index in [1.807, 2.05) is 42.5 Å². The van der Waals surface area contributed by atoms with Crippen LogP contribution in [0.5, 0.6) is 11.5 Å². The molecule has 0 radical (unpaired) electrons. The molecule has 0 amide bonds. The molecule has 0 atom stereocenters. The summed E-state index contributed by atoms with van der Waals surface area (Å²) in [5.41, 5.74) is 8.54. The molecule has 0 spiro atoms. The van der Waals surface area contributed by atoms with Gasteiger partial charge in [-0.15, -0.1) is 0 Å². The van der Waals surface area contributed by atoms with Gasteiger partial charge in [0.1, 0.15) is 0 Å². The molecular formula is C20H28N2O2. The van der Waals surface area contributed by atoms with Crippen LogP contribution in [0.2, 0.25) is 0 Å². The number of unbranched alkanes of at least 4 members (excludes halogenated alkanes) is 3. The molecule has 4 nitrogen and oxygen atoms in total. The normalized spacial score (nSPS) is 10.4. The maximum absolute atomic E-state index is 6.02. The van der Waals surface area contributed by atoms with Crippen molar-refractivity contribution in [2.75, 3.05) is 19.1 Å². The summed E-state index contributed by atoms with van der Waals surface area (Å²) < 4.78 is 11.5. The van der Waals surface area contributed by atoms with Gasteiger partial charge in [-0.3, -0.25) is 0 Å². The van der Waals surface area contributed by atoms with Gasteiger partial charge in [-0.2, -0.15) is 0 Å². The second kappa shape index (κ2) is 10.6. The van der Waals surface area contributed by atoms with Crippen molar-refractivity contribution in [1.29, 1.82) is 0 Å². The summed E-state index contributed by atoms with van der Waals surface area (Å²) in [7, 11) is 1.68.